The minimum Gasteiger partial charge on any atom is -0.454 e. The molecule has 0 saturated carbocycles. The number of benzene rings is 2. The summed E-state index contributed by atoms with van der Waals surface area (Å²) in [4.78, 5) is 12.3. The van der Waals surface area contributed by atoms with Gasteiger partial charge in [-0.2, -0.15) is 0 Å². The van der Waals surface area contributed by atoms with Gasteiger partial charge in [-0.25, -0.2) is 4.39 Å². The van der Waals surface area contributed by atoms with Crippen molar-refractivity contribution in [1.82, 2.24) is 14.8 Å². The van der Waals surface area contributed by atoms with Crippen LogP contribution in [0.4, 0.5) is 10.1 Å². The van der Waals surface area contributed by atoms with Crippen molar-refractivity contribution in [2.24, 2.45) is 0 Å². The van der Waals surface area contributed by atoms with Crippen LogP contribution < -0.4 is 14.8 Å². The fourth-order valence-electron chi connectivity index (χ4n) is 2.83. The number of hydrogen-bond donors (Lipinski definition) is 1. The molecule has 0 radical (unpaired) electrons. The van der Waals surface area contributed by atoms with Gasteiger partial charge in [0.05, 0.1) is 11.3 Å². The lowest BCUT2D eigenvalue weighted by Gasteiger charge is -2.09. The van der Waals surface area contributed by atoms with Crippen LogP contribution in [0.3, 0.4) is 0 Å². The summed E-state index contributed by atoms with van der Waals surface area (Å²) in [5.41, 5.74) is 0.956. The standard InChI is InChI=1S/C20H17FN4O3S/c1-2-9-25-19(14-5-3-4-6-15(14)21)23-24-20(25)29-11-18(26)22-13-7-8-16-17(10-13)28-12-27-16/h2-8,10H,1,9,11-12H2,(H,22,26). The zero-order valence-electron chi connectivity index (χ0n) is 15.3. The van der Waals surface area contributed by atoms with Crippen molar-refractivity contribution >= 4 is 23.4 Å². The van der Waals surface area contributed by atoms with Gasteiger partial charge in [0.25, 0.3) is 0 Å². The molecule has 2 aromatic carbocycles. The van der Waals surface area contributed by atoms with Crippen LogP contribution >= 0.6 is 11.8 Å². The van der Waals surface area contributed by atoms with Crippen molar-refractivity contribution in [2.75, 3.05) is 17.9 Å². The molecule has 7 nitrogen and oxygen atoms in total. The first kappa shape index (κ1) is 19.0. The van der Waals surface area contributed by atoms with Crippen LogP contribution in [-0.2, 0) is 11.3 Å². The number of hydrogen-bond acceptors (Lipinski definition) is 6. The third-order valence-corrected chi connectivity index (χ3v) is 5.10. The number of aromatic nitrogens is 3. The quantitative estimate of drug-likeness (QED) is 0.471. The molecule has 1 aliphatic heterocycles. The Morgan fingerprint density at radius 3 is 2.90 bits per heavy atom. The molecule has 9 heteroatoms. The molecule has 0 bridgehead atoms. The van der Waals surface area contributed by atoms with Crippen molar-refractivity contribution in [1.29, 1.82) is 0 Å². The zero-order valence-corrected chi connectivity index (χ0v) is 16.1. The van der Waals surface area contributed by atoms with E-state index in [1.807, 2.05) is 0 Å². The summed E-state index contributed by atoms with van der Waals surface area (Å²) in [6.45, 7) is 4.30. The Hall–Kier alpha value is -3.33. The second-order valence-electron chi connectivity index (χ2n) is 6.09. The Labute approximate surface area is 170 Å². The fraction of sp³-hybridized carbons (Fsp3) is 0.150. The highest BCUT2D eigenvalue weighted by atomic mass is 32.2. The van der Waals surface area contributed by atoms with E-state index in [1.54, 1.807) is 47.0 Å². The van der Waals surface area contributed by atoms with Crippen LogP contribution in [0.25, 0.3) is 11.4 Å². The van der Waals surface area contributed by atoms with Crippen LogP contribution in [0.1, 0.15) is 0 Å². The summed E-state index contributed by atoms with van der Waals surface area (Å²) in [5.74, 6) is 1.14. The number of halogens is 1. The molecule has 0 fully saturated rings. The molecule has 29 heavy (non-hydrogen) atoms. The van der Waals surface area contributed by atoms with Gasteiger partial charge in [-0.05, 0) is 24.3 Å². The van der Waals surface area contributed by atoms with Crippen molar-refractivity contribution in [3.05, 3.63) is 60.9 Å². The Morgan fingerprint density at radius 1 is 1.24 bits per heavy atom. The molecule has 1 amide bonds. The lowest BCUT2D eigenvalue weighted by atomic mass is 10.2. The largest absolute Gasteiger partial charge is 0.454 e. The van der Waals surface area contributed by atoms with Crippen LogP contribution in [0.2, 0.25) is 0 Å². The third kappa shape index (κ3) is 4.09. The van der Waals surface area contributed by atoms with E-state index >= 15 is 0 Å². The minimum absolute atomic E-state index is 0.112. The van der Waals surface area contributed by atoms with E-state index in [4.69, 9.17) is 9.47 Å². The van der Waals surface area contributed by atoms with Crippen molar-refractivity contribution in [3.8, 4) is 22.9 Å². The number of ether oxygens (including phenoxy) is 2. The normalized spacial score (nSPS) is 12.0. The molecular formula is C20H17FN4O3S. The van der Waals surface area contributed by atoms with E-state index < -0.39 is 0 Å². The number of carbonyl (C=O) groups is 1. The van der Waals surface area contributed by atoms with E-state index in [0.717, 1.165) is 0 Å². The maximum Gasteiger partial charge on any atom is 0.234 e. The highest BCUT2D eigenvalue weighted by Gasteiger charge is 2.18. The first-order valence-corrected chi connectivity index (χ1v) is 9.75. The molecule has 148 valence electrons. The van der Waals surface area contributed by atoms with E-state index in [0.29, 0.717) is 40.3 Å². The minimum atomic E-state index is -0.387. The summed E-state index contributed by atoms with van der Waals surface area (Å²) < 4.78 is 26.4. The Bertz CT molecular complexity index is 1070. The smallest absolute Gasteiger partial charge is 0.234 e. The summed E-state index contributed by atoms with van der Waals surface area (Å²) in [5, 5.41) is 11.5. The second-order valence-corrected chi connectivity index (χ2v) is 7.03. The number of carbonyl (C=O) groups excluding carboxylic acids is 1. The van der Waals surface area contributed by atoms with Crippen molar-refractivity contribution < 1.29 is 18.7 Å². The SMILES string of the molecule is C=CCn1c(SCC(=O)Nc2ccc3c(c2)OCO3)nnc1-c1ccccc1F. The summed E-state index contributed by atoms with van der Waals surface area (Å²) in [7, 11) is 0. The monoisotopic (exact) mass is 412 g/mol. The predicted molar refractivity (Wildman–Crippen MR) is 108 cm³/mol. The van der Waals surface area contributed by atoms with Gasteiger partial charge < -0.3 is 14.8 Å². The van der Waals surface area contributed by atoms with Gasteiger partial charge in [0.15, 0.2) is 22.5 Å². The average molecular weight is 412 g/mol. The third-order valence-electron chi connectivity index (χ3n) is 4.13. The Morgan fingerprint density at radius 2 is 2.07 bits per heavy atom. The second kappa shape index (κ2) is 8.36. The maximum atomic E-state index is 14.2. The first-order valence-electron chi connectivity index (χ1n) is 8.77. The number of nitrogens with one attached hydrogen (secondary N) is 1. The van der Waals surface area contributed by atoms with Gasteiger partial charge in [-0.15, -0.1) is 16.8 Å². The molecule has 1 aromatic heterocycles. The van der Waals surface area contributed by atoms with Gasteiger partial charge in [0.2, 0.25) is 12.7 Å². The molecule has 3 aromatic rings. The van der Waals surface area contributed by atoms with Gasteiger partial charge in [0.1, 0.15) is 5.82 Å². The topological polar surface area (TPSA) is 78.3 Å². The van der Waals surface area contributed by atoms with Gasteiger partial charge >= 0.3 is 0 Å². The van der Waals surface area contributed by atoms with E-state index in [1.165, 1.54) is 17.8 Å². The van der Waals surface area contributed by atoms with Gasteiger partial charge in [-0.3, -0.25) is 9.36 Å². The summed E-state index contributed by atoms with van der Waals surface area (Å²) >= 11 is 1.21. The molecule has 0 aliphatic carbocycles. The van der Waals surface area contributed by atoms with Gasteiger partial charge in [-0.1, -0.05) is 30.0 Å². The lowest BCUT2D eigenvalue weighted by Crippen LogP contribution is -2.14. The molecular weight excluding hydrogens is 395 g/mol. The summed E-state index contributed by atoms with van der Waals surface area (Å²) in [6, 6.07) is 11.5. The van der Waals surface area contributed by atoms with Crippen LogP contribution in [0, 0.1) is 5.82 Å². The molecule has 1 N–H and O–H groups in total. The molecule has 0 saturated heterocycles. The lowest BCUT2D eigenvalue weighted by molar-refractivity contribution is -0.113. The summed E-state index contributed by atoms with van der Waals surface area (Å²) in [6.07, 6.45) is 1.67. The predicted octanol–water partition coefficient (Wildman–Crippen LogP) is 3.73. The van der Waals surface area contributed by atoms with E-state index in [-0.39, 0.29) is 24.3 Å². The highest BCUT2D eigenvalue weighted by Crippen LogP contribution is 2.34. The fourth-order valence-corrected chi connectivity index (χ4v) is 3.58. The zero-order chi connectivity index (χ0) is 20.2. The van der Waals surface area contributed by atoms with Crippen LogP contribution in [-0.4, -0.2) is 33.2 Å². The number of anilines is 1. The van der Waals surface area contributed by atoms with E-state index in [2.05, 4.69) is 22.1 Å². The van der Waals surface area contributed by atoms with Crippen LogP contribution in [0.15, 0.2) is 60.3 Å². The highest BCUT2D eigenvalue weighted by molar-refractivity contribution is 7.99. The average Bonchev–Trinajstić information content (AvgIpc) is 3.34. The molecule has 0 unspecified atom stereocenters. The van der Waals surface area contributed by atoms with E-state index in [9.17, 15) is 9.18 Å². The van der Waals surface area contributed by atoms with Crippen LogP contribution in [0.5, 0.6) is 11.5 Å². The maximum absolute atomic E-state index is 14.2. The van der Waals surface area contributed by atoms with Crippen molar-refractivity contribution in [3.63, 3.8) is 0 Å². The number of nitrogens with zero attached hydrogens (tertiary/aromatic N) is 3. The molecule has 1 aliphatic rings. The molecule has 4 rings (SSSR count). The number of allylic oxidation sites excluding steroid dienone is 1. The number of fused-ring (bicyclic) bond motifs is 1. The molecule has 0 spiro atoms. The number of thioether (sulfide) groups is 1. The number of rotatable bonds is 7. The Kier molecular flexibility index (Phi) is 5.48. The Balaban J connectivity index is 1.46. The first-order chi connectivity index (χ1) is 14.2. The molecule has 0 atom stereocenters. The molecule has 2 heterocycles. The van der Waals surface area contributed by atoms with Crippen molar-refractivity contribution in [2.45, 2.75) is 11.7 Å². The van der Waals surface area contributed by atoms with Gasteiger partial charge in [0, 0.05) is 18.3 Å². The number of amides is 1.